The fourth-order valence-corrected chi connectivity index (χ4v) is 3.04. The summed E-state index contributed by atoms with van der Waals surface area (Å²) in [4.78, 5) is 18.1. The topological polar surface area (TPSA) is 68.8 Å². The van der Waals surface area contributed by atoms with Gasteiger partial charge < -0.3 is 16.0 Å². The van der Waals surface area contributed by atoms with Crippen LogP contribution in [-0.4, -0.2) is 62.6 Å². The van der Waals surface area contributed by atoms with Gasteiger partial charge in [0.05, 0.1) is 6.54 Å². The van der Waals surface area contributed by atoms with Crippen LogP contribution in [0.15, 0.2) is 23.2 Å². The molecule has 27 heavy (non-hydrogen) atoms. The van der Waals surface area contributed by atoms with E-state index in [4.69, 9.17) is 0 Å². The van der Waals surface area contributed by atoms with Gasteiger partial charge >= 0.3 is 0 Å². The second-order valence-corrected chi connectivity index (χ2v) is 6.61. The van der Waals surface area contributed by atoms with Crippen LogP contribution in [0, 0.1) is 11.6 Å². The van der Waals surface area contributed by atoms with Crippen molar-refractivity contribution in [2.75, 3.05) is 39.8 Å². The Morgan fingerprint density at radius 2 is 2.04 bits per heavy atom. The van der Waals surface area contributed by atoms with Gasteiger partial charge in [-0.25, -0.2) is 8.78 Å². The van der Waals surface area contributed by atoms with Crippen molar-refractivity contribution < 1.29 is 13.6 Å². The number of rotatable bonds is 7. The predicted molar refractivity (Wildman–Crippen MR) is 103 cm³/mol. The Kier molecular flexibility index (Phi) is 8.44. The van der Waals surface area contributed by atoms with Crippen molar-refractivity contribution in [3.63, 3.8) is 0 Å². The van der Waals surface area contributed by atoms with E-state index in [1.54, 1.807) is 7.05 Å². The molecule has 0 unspecified atom stereocenters. The van der Waals surface area contributed by atoms with Crippen molar-refractivity contribution in [2.24, 2.45) is 4.99 Å². The quantitative estimate of drug-likeness (QED) is 0.492. The molecule has 1 aromatic carbocycles. The lowest BCUT2D eigenvalue weighted by molar-refractivity contribution is -0.122. The maximum atomic E-state index is 13.7. The first-order chi connectivity index (χ1) is 13.0. The first-order valence-electron chi connectivity index (χ1n) is 9.43. The standard InChI is InChI=1S/C19H29F2N5O/c1-3-23-19(24-9-6-14-4-5-15(20)12-17(14)21)25-16-7-10-26(11-8-16)13-18(27)22-2/h4-5,12,16H,3,6-11,13H2,1-2H3,(H,22,27)(H2,23,24,25). The van der Waals surface area contributed by atoms with Crippen LogP contribution in [0.4, 0.5) is 8.78 Å². The van der Waals surface area contributed by atoms with Gasteiger partial charge in [-0.2, -0.15) is 0 Å². The third kappa shape index (κ3) is 7.13. The first-order valence-corrected chi connectivity index (χ1v) is 9.43. The molecule has 1 aliphatic heterocycles. The normalized spacial score (nSPS) is 16.2. The minimum atomic E-state index is -0.572. The van der Waals surface area contributed by atoms with Gasteiger partial charge in [0.15, 0.2) is 5.96 Å². The Morgan fingerprint density at radius 3 is 2.67 bits per heavy atom. The third-order valence-corrected chi connectivity index (χ3v) is 4.58. The molecule has 1 fully saturated rings. The number of likely N-dealkylation sites (tertiary alicyclic amines) is 1. The Hall–Kier alpha value is -2.22. The van der Waals surface area contributed by atoms with Crippen LogP contribution in [0.25, 0.3) is 0 Å². The number of halogens is 2. The molecule has 0 saturated carbocycles. The number of carbonyl (C=O) groups is 1. The van der Waals surface area contributed by atoms with E-state index in [9.17, 15) is 13.6 Å². The van der Waals surface area contributed by atoms with Gasteiger partial charge in [0.25, 0.3) is 0 Å². The summed E-state index contributed by atoms with van der Waals surface area (Å²) in [6, 6.07) is 3.90. The molecule has 2 rings (SSSR count). The summed E-state index contributed by atoms with van der Waals surface area (Å²) in [5, 5.41) is 9.26. The summed E-state index contributed by atoms with van der Waals surface area (Å²) < 4.78 is 26.7. The Morgan fingerprint density at radius 1 is 1.30 bits per heavy atom. The van der Waals surface area contributed by atoms with Crippen LogP contribution in [0.5, 0.6) is 0 Å². The molecule has 0 aromatic heterocycles. The number of likely N-dealkylation sites (N-methyl/N-ethyl adjacent to an activating group) is 1. The summed E-state index contributed by atoms with van der Waals surface area (Å²) in [6.45, 7) is 5.26. The lowest BCUT2D eigenvalue weighted by Gasteiger charge is -2.32. The summed E-state index contributed by atoms with van der Waals surface area (Å²) in [5.74, 6) is -0.377. The summed E-state index contributed by atoms with van der Waals surface area (Å²) in [7, 11) is 1.65. The maximum absolute atomic E-state index is 13.7. The highest BCUT2D eigenvalue weighted by Gasteiger charge is 2.21. The molecule has 6 nitrogen and oxygen atoms in total. The highest BCUT2D eigenvalue weighted by molar-refractivity contribution is 5.80. The predicted octanol–water partition coefficient (Wildman–Crippen LogP) is 1.27. The molecule has 3 N–H and O–H groups in total. The van der Waals surface area contributed by atoms with Crippen molar-refractivity contribution >= 4 is 11.9 Å². The van der Waals surface area contributed by atoms with Gasteiger partial charge in [0.1, 0.15) is 11.6 Å². The number of hydrogen-bond donors (Lipinski definition) is 3. The fraction of sp³-hybridized carbons (Fsp3) is 0.579. The number of guanidine groups is 1. The molecule has 150 valence electrons. The molecule has 0 radical (unpaired) electrons. The Labute approximate surface area is 159 Å². The molecule has 1 amide bonds. The van der Waals surface area contributed by atoms with E-state index < -0.39 is 11.6 Å². The number of nitrogens with one attached hydrogen (secondary N) is 3. The fourth-order valence-electron chi connectivity index (χ4n) is 3.04. The molecule has 0 atom stereocenters. The van der Waals surface area contributed by atoms with Gasteiger partial charge in [-0.15, -0.1) is 0 Å². The molecule has 1 aromatic rings. The Balaban J connectivity index is 1.82. The number of carbonyl (C=O) groups excluding carboxylic acids is 1. The van der Waals surface area contributed by atoms with Gasteiger partial charge in [0, 0.05) is 45.3 Å². The second-order valence-electron chi connectivity index (χ2n) is 6.61. The molecule has 1 heterocycles. The maximum Gasteiger partial charge on any atom is 0.233 e. The van der Waals surface area contributed by atoms with Gasteiger partial charge in [-0.3, -0.25) is 14.7 Å². The van der Waals surface area contributed by atoms with Gasteiger partial charge in [-0.1, -0.05) is 6.07 Å². The summed E-state index contributed by atoms with van der Waals surface area (Å²) in [6.07, 6.45) is 2.26. The van der Waals surface area contributed by atoms with Crippen molar-refractivity contribution in [3.05, 3.63) is 35.4 Å². The van der Waals surface area contributed by atoms with E-state index in [1.807, 2.05) is 6.92 Å². The van der Waals surface area contributed by atoms with Gasteiger partial charge in [0.2, 0.25) is 5.91 Å². The second kappa shape index (κ2) is 10.8. The molecule has 0 bridgehead atoms. The van der Waals surface area contributed by atoms with E-state index >= 15 is 0 Å². The lowest BCUT2D eigenvalue weighted by Crippen LogP contribution is -2.50. The van der Waals surface area contributed by atoms with Crippen LogP contribution < -0.4 is 16.0 Å². The molecule has 0 spiro atoms. The van der Waals surface area contributed by atoms with Crippen LogP contribution >= 0.6 is 0 Å². The zero-order valence-electron chi connectivity index (χ0n) is 16.0. The van der Waals surface area contributed by atoms with Gasteiger partial charge in [-0.05, 0) is 37.8 Å². The van der Waals surface area contributed by atoms with E-state index in [2.05, 4.69) is 25.8 Å². The number of hydrogen-bond acceptors (Lipinski definition) is 3. The molecule has 8 heteroatoms. The zero-order chi connectivity index (χ0) is 19.6. The summed E-state index contributed by atoms with van der Waals surface area (Å²) in [5.41, 5.74) is 0.457. The van der Waals surface area contributed by atoms with Crippen LogP contribution in [0.3, 0.4) is 0 Å². The summed E-state index contributed by atoms with van der Waals surface area (Å²) >= 11 is 0. The number of piperidine rings is 1. The number of benzene rings is 1. The first kappa shape index (κ1) is 21.1. The number of aliphatic imine (C=N–C) groups is 1. The molecule has 1 aliphatic rings. The average molecular weight is 381 g/mol. The average Bonchev–Trinajstić information content (AvgIpc) is 2.65. The van der Waals surface area contributed by atoms with E-state index in [0.29, 0.717) is 31.0 Å². The number of amides is 1. The van der Waals surface area contributed by atoms with E-state index in [-0.39, 0.29) is 11.9 Å². The molecular weight excluding hydrogens is 352 g/mol. The molecule has 0 aliphatic carbocycles. The minimum absolute atomic E-state index is 0.0318. The Bertz CT molecular complexity index is 645. The van der Waals surface area contributed by atoms with Crippen LogP contribution in [0.1, 0.15) is 25.3 Å². The van der Waals surface area contributed by atoms with E-state index in [1.165, 1.54) is 12.1 Å². The van der Waals surface area contributed by atoms with Crippen LogP contribution in [0.2, 0.25) is 0 Å². The van der Waals surface area contributed by atoms with Crippen molar-refractivity contribution in [2.45, 2.75) is 32.2 Å². The SMILES string of the molecule is CCNC(=NCCc1ccc(F)cc1F)NC1CCN(CC(=O)NC)CC1. The highest BCUT2D eigenvalue weighted by Crippen LogP contribution is 2.11. The van der Waals surface area contributed by atoms with Crippen LogP contribution in [-0.2, 0) is 11.2 Å². The largest absolute Gasteiger partial charge is 0.358 e. The number of nitrogens with zero attached hydrogens (tertiary/aromatic N) is 2. The van der Waals surface area contributed by atoms with Crippen molar-refractivity contribution in [1.29, 1.82) is 0 Å². The van der Waals surface area contributed by atoms with Crippen molar-refractivity contribution in [1.82, 2.24) is 20.9 Å². The smallest absolute Gasteiger partial charge is 0.233 e. The lowest BCUT2D eigenvalue weighted by atomic mass is 10.1. The monoisotopic (exact) mass is 381 g/mol. The van der Waals surface area contributed by atoms with E-state index in [0.717, 1.165) is 38.5 Å². The van der Waals surface area contributed by atoms with Crippen molar-refractivity contribution in [3.8, 4) is 0 Å². The third-order valence-electron chi connectivity index (χ3n) is 4.58. The highest BCUT2D eigenvalue weighted by atomic mass is 19.1. The molecule has 1 saturated heterocycles. The zero-order valence-corrected chi connectivity index (χ0v) is 16.0. The molecular formula is C19H29F2N5O. The minimum Gasteiger partial charge on any atom is -0.358 e.